The van der Waals surface area contributed by atoms with Crippen LogP contribution in [0.5, 0.6) is 0 Å². The average molecular weight is 210 g/mol. The summed E-state index contributed by atoms with van der Waals surface area (Å²) in [4.78, 5) is 0. The highest BCUT2D eigenvalue weighted by molar-refractivity contribution is 5.00. The molecule has 0 radical (unpaired) electrons. The molecule has 0 saturated heterocycles. The van der Waals surface area contributed by atoms with Gasteiger partial charge in [0.2, 0.25) is 0 Å². The van der Waals surface area contributed by atoms with E-state index in [0.29, 0.717) is 16.2 Å². The van der Waals surface area contributed by atoms with E-state index in [0.717, 1.165) is 11.8 Å². The molecule has 15 heavy (non-hydrogen) atoms. The highest BCUT2D eigenvalue weighted by Gasteiger charge is 2.51. The molecule has 1 aliphatic carbocycles. The standard InChI is InChI=1S/C15H30/c1-13(2,3)11-9-10-12(14(4,5)6)15(11,7)8/h11-12H,9-10H2,1-8H3. The normalized spacial score (nSPS) is 32.0. The van der Waals surface area contributed by atoms with Gasteiger partial charge >= 0.3 is 0 Å². The summed E-state index contributed by atoms with van der Waals surface area (Å²) < 4.78 is 0. The zero-order chi connectivity index (χ0) is 12.1. The SMILES string of the molecule is CC(C)(C)C1CCC(C(C)(C)C)C1(C)C. The van der Waals surface area contributed by atoms with Gasteiger partial charge in [-0.1, -0.05) is 55.4 Å². The summed E-state index contributed by atoms with van der Waals surface area (Å²) in [5.74, 6) is 1.74. The van der Waals surface area contributed by atoms with E-state index in [1.165, 1.54) is 12.8 Å². The van der Waals surface area contributed by atoms with Gasteiger partial charge in [-0.15, -0.1) is 0 Å². The fourth-order valence-corrected chi connectivity index (χ4v) is 4.42. The van der Waals surface area contributed by atoms with Crippen LogP contribution in [0.2, 0.25) is 0 Å². The predicted molar refractivity (Wildman–Crippen MR) is 68.9 cm³/mol. The van der Waals surface area contributed by atoms with Crippen molar-refractivity contribution in [2.45, 2.75) is 68.2 Å². The van der Waals surface area contributed by atoms with E-state index in [-0.39, 0.29) is 0 Å². The molecular formula is C15H30. The quantitative estimate of drug-likeness (QED) is 0.520. The molecule has 1 saturated carbocycles. The Hall–Kier alpha value is 0. The van der Waals surface area contributed by atoms with Crippen LogP contribution in [-0.4, -0.2) is 0 Å². The molecule has 1 aliphatic rings. The molecule has 0 aliphatic heterocycles. The minimum Gasteiger partial charge on any atom is -0.0599 e. The fourth-order valence-electron chi connectivity index (χ4n) is 4.42. The predicted octanol–water partition coefficient (Wildman–Crippen LogP) is 5.13. The van der Waals surface area contributed by atoms with Crippen molar-refractivity contribution in [3.8, 4) is 0 Å². The average Bonchev–Trinajstić information content (AvgIpc) is 2.21. The van der Waals surface area contributed by atoms with Gasteiger partial charge in [0.25, 0.3) is 0 Å². The third-order valence-electron chi connectivity index (χ3n) is 4.63. The van der Waals surface area contributed by atoms with Gasteiger partial charge in [-0.05, 0) is 40.9 Å². The largest absolute Gasteiger partial charge is 0.0599 e. The molecule has 0 amide bonds. The summed E-state index contributed by atoms with van der Waals surface area (Å²) in [5, 5.41) is 0. The number of hydrogen-bond acceptors (Lipinski definition) is 0. The Morgan fingerprint density at radius 1 is 0.733 bits per heavy atom. The van der Waals surface area contributed by atoms with Gasteiger partial charge in [-0.3, -0.25) is 0 Å². The maximum Gasteiger partial charge on any atom is -0.0288 e. The number of hydrogen-bond donors (Lipinski definition) is 0. The minimum atomic E-state index is 0.462. The van der Waals surface area contributed by atoms with Crippen LogP contribution in [0.15, 0.2) is 0 Å². The molecular weight excluding hydrogens is 180 g/mol. The summed E-state index contributed by atoms with van der Waals surface area (Å²) in [5.41, 5.74) is 1.42. The zero-order valence-electron chi connectivity index (χ0n) is 12.1. The first kappa shape index (κ1) is 13.1. The molecule has 0 heterocycles. The molecule has 0 heteroatoms. The molecule has 2 unspecified atom stereocenters. The lowest BCUT2D eigenvalue weighted by molar-refractivity contribution is 0.0381. The second-order valence-corrected chi connectivity index (χ2v) is 8.24. The highest BCUT2D eigenvalue weighted by Crippen LogP contribution is 2.59. The van der Waals surface area contributed by atoms with Crippen molar-refractivity contribution in [3.05, 3.63) is 0 Å². The van der Waals surface area contributed by atoms with Gasteiger partial charge in [-0.25, -0.2) is 0 Å². The Morgan fingerprint density at radius 2 is 1.00 bits per heavy atom. The molecule has 0 bridgehead atoms. The Morgan fingerprint density at radius 3 is 1.13 bits per heavy atom. The van der Waals surface area contributed by atoms with Crippen LogP contribution in [0.4, 0.5) is 0 Å². The molecule has 0 N–H and O–H groups in total. The van der Waals surface area contributed by atoms with Gasteiger partial charge in [0.15, 0.2) is 0 Å². The monoisotopic (exact) mass is 210 g/mol. The minimum absolute atomic E-state index is 0.462. The van der Waals surface area contributed by atoms with Gasteiger partial charge in [-0.2, -0.15) is 0 Å². The first-order valence-corrected chi connectivity index (χ1v) is 6.47. The van der Waals surface area contributed by atoms with Crippen LogP contribution in [0, 0.1) is 28.1 Å². The molecule has 0 aromatic heterocycles. The van der Waals surface area contributed by atoms with E-state index in [1.54, 1.807) is 0 Å². The van der Waals surface area contributed by atoms with Crippen LogP contribution in [0.1, 0.15) is 68.2 Å². The van der Waals surface area contributed by atoms with Crippen molar-refractivity contribution in [1.29, 1.82) is 0 Å². The first-order chi connectivity index (χ1) is 6.47. The second-order valence-electron chi connectivity index (χ2n) is 8.24. The maximum absolute atomic E-state index is 2.49. The lowest BCUT2D eigenvalue weighted by Gasteiger charge is -2.45. The number of rotatable bonds is 0. The van der Waals surface area contributed by atoms with Crippen molar-refractivity contribution in [3.63, 3.8) is 0 Å². The Kier molecular flexibility index (Phi) is 3.05. The van der Waals surface area contributed by atoms with Crippen LogP contribution in [0.25, 0.3) is 0 Å². The topological polar surface area (TPSA) is 0 Å². The van der Waals surface area contributed by atoms with Gasteiger partial charge in [0.05, 0.1) is 0 Å². The van der Waals surface area contributed by atoms with E-state index >= 15 is 0 Å². The van der Waals surface area contributed by atoms with Gasteiger partial charge < -0.3 is 0 Å². The Labute approximate surface area is 96.8 Å². The summed E-state index contributed by atoms with van der Waals surface area (Å²) in [6.07, 6.45) is 2.83. The lowest BCUT2D eigenvalue weighted by atomic mass is 9.60. The van der Waals surface area contributed by atoms with Crippen LogP contribution in [-0.2, 0) is 0 Å². The summed E-state index contributed by atoms with van der Waals surface area (Å²) >= 11 is 0. The first-order valence-electron chi connectivity index (χ1n) is 6.47. The van der Waals surface area contributed by atoms with E-state index in [9.17, 15) is 0 Å². The third-order valence-corrected chi connectivity index (χ3v) is 4.63. The van der Waals surface area contributed by atoms with E-state index < -0.39 is 0 Å². The molecule has 1 fully saturated rings. The van der Waals surface area contributed by atoms with E-state index in [2.05, 4.69) is 55.4 Å². The van der Waals surface area contributed by atoms with Crippen molar-refractivity contribution in [2.24, 2.45) is 28.1 Å². The molecule has 0 aromatic carbocycles. The summed E-state index contributed by atoms with van der Waals surface area (Å²) in [6, 6.07) is 0. The second kappa shape index (κ2) is 3.50. The summed E-state index contributed by atoms with van der Waals surface area (Å²) in [7, 11) is 0. The molecule has 0 spiro atoms. The lowest BCUT2D eigenvalue weighted by Crippen LogP contribution is -2.38. The van der Waals surface area contributed by atoms with Gasteiger partial charge in [0.1, 0.15) is 0 Å². The summed E-state index contributed by atoms with van der Waals surface area (Å²) in [6.45, 7) is 19.4. The Balaban J connectivity index is 2.95. The van der Waals surface area contributed by atoms with Crippen LogP contribution < -0.4 is 0 Å². The molecule has 1 rings (SSSR count). The van der Waals surface area contributed by atoms with Crippen molar-refractivity contribution in [2.75, 3.05) is 0 Å². The Bertz CT molecular complexity index is 197. The highest BCUT2D eigenvalue weighted by atomic mass is 14.6. The smallest absolute Gasteiger partial charge is 0.0288 e. The van der Waals surface area contributed by atoms with E-state index in [4.69, 9.17) is 0 Å². The third kappa shape index (κ3) is 2.40. The van der Waals surface area contributed by atoms with E-state index in [1.807, 2.05) is 0 Å². The molecule has 0 nitrogen and oxygen atoms in total. The van der Waals surface area contributed by atoms with Crippen molar-refractivity contribution < 1.29 is 0 Å². The molecule has 2 atom stereocenters. The molecule has 0 aromatic rings. The van der Waals surface area contributed by atoms with Crippen LogP contribution >= 0.6 is 0 Å². The van der Waals surface area contributed by atoms with Crippen LogP contribution in [0.3, 0.4) is 0 Å². The van der Waals surface area contributed by atoms with Crippen molar-refractivity contribution >= 4 is 0 Å². The maximum atomic E-state index is 2.49. The fraction of sp³-hybridized carbons (Fsp3) is 1.00. The van der Waals surface area contributed by atoms with Crippen molar-refractivity contribution in [1.82, 2.24) is 0 Å². The van der Waals surface area contributed by atoms with Gasteiger partial charge in [0, 0.05) is 0 Å². The molecule has 90 valence electrons. The zero-order valence-corrected chi connectivity index (χ0v) is 12.1.